The van der Waals surface area contributed by atoms with Gasteiger partial charge in [-0.2, -0.15) is 4.98 Å². The summed E-state index contributed by atoms with van der Waals surface area (Å²) in [7, 11) is 0. The summed E-state index contributed by atoms with van der Waals surface area (Å²) < 4.78 is 5.23. The first kappa shape index (κ1) is 11.3. The van der Waals surface area contributed by atoms with Crippen molar-refractivity contribution in [3.05, 3.63) is 34.1 Å². The lowest BCUT2D eigenvalue weighted by molar-refractivity contribution is 0.309. The number of rotatable bonds is 4. The van der Waals surface area contributed by atoms with Crippen molar-refractivity contribution in [2.75, 3.05) is 6.54 Å². The molecule has 5 heteroatoms. The van der Waals surface area contributed by atoms with Gasteiger partial charge in [0, 0.05) is 17.8 Å². The van der Waals surface area contributed by atoms with Crippen LogP contribution in [0.4, 0.5) is 0 Å². The molecule has 0 aromatic carbocycles. The van der Waals surface area contributed by atoms with Crippen molar-refractivity contribution in [2.24, 2.45) is 5.73 Å². The van der Waals surface area contributed by atoms with Crippen LogP contribution in [-0.2, 0) is 11.8 Å². The van der Waals surface area contributed by atoms with Crippen molar-refractivity contribution in [3.8, 4) is 0 Å². The van der Waals surface area contributed by atoms with Crippen molar-refractivity contribution >= 4 is 11.3 Å². The smallest absolute Gasteiger partial charge is 0.233 e. The molecule has 0 aliphatic carbocycles. The molecular weight excluding hydrogens is 222 g/mol. The second-order valence-corrected chi connectivity index (χ2v) is 5.39. The van der Waals surface area contributed by atoms with Gasteiger partial charge in [-0.05, 0) is 25.3 Å². The highest BCUT2D eigenvalue weighted by Crippen LogP contribution is 2.20. The van der Waals surface area contributed by atoms with E-state index in [1.807, 2.05) is 25.3 Å². The van der Waals surface area contributed by atoms with Gasteiger partial charge in [0.15, 0.2) is 5.82 Å². The van der Waals surface area contributed by atoms with Gasteiger partial charge in [-0.1, -0.05) is 11.2 Å². The van der Waals surface area contributed by atoms with Crippen molar-refractivity contribution in [1.29, 1.82) is 0 Å². The number of nitrogens with two attached hydrogens (primary N) is 1. The molecule has 2 rings (SSSR count). The average molecular weight is 237 g/mol. The van der Waals surface area contributed by atoms with Gasteiger partial charge in [0.2, 0.25) is 5.89 Å². The summed E-state index contributed by atoms with van der Waals surface area (Å²) in [6.45, 7) is 4.48. The fraction of sp³-hybridized carbons (Fsp3) is 0.455. The summed E-state index contributed by atoms with van der Waals surface area (Å²) >= 11 is 1.69. The molecule has 16 heavy (non-hydrogen) atoms. The first-order chi connectivity index (χ1) is 7.62. The van der Waals surface area contributed by atoms with E-state index in [0.29, 0.717) is 12.4 Å². The molecule has 0 aliphatic rings. The number of aromatic nitrogens is 2. The molecule has 0 radical (unpaired) electrons. The Morgan fingerprint density at radius 2 is 2.31 bits per heavy atom. The zero-order chi connectivity index (χ0) is 11.6. The highest BCUT2D eigenvalue weighted by atomic mass is 32.1. The summed E-state index contributed by atoms with van der Waals surface area (Å²) in [6, 6.07) is 4.08. The second-order valence-electron chi connectivity index (χ2n) is 4.36. The standard InChI is InChI=1S/C11H15N3OS/c1-11(2,7-12)10-13-9(14-15-10)6-8-4-3-5-16-8/h3-5H,6-7,12H2,1-2H3. The van der Waals surface area contributed by atoms with Gasteiger partial charge >= 0.3 is 0 Å². The molecule has 2 aromatic rings. The largest absolute Gasteiger partial charge is 0.339 e. The fourth-order valence-electron chi connectivity index (χ4n) is 1.26. The molecule has 4 nitrogen and oxygen atoms in total. The van der Waals surface area contributed by atoms with Crippen molar-refractivity contribution < 1.29 is 4.52 Å². The Balaban J connectivity index is 2.14. The van der Waals surface area contributed by atoms with Crippen LogP contribution >= 0.6 is 11.3 Å². The van der Waals surface area contributed by atoms with E-state index in [2.05, 4.69) is 16.2 Å². The monoisotopic (exact) mass is 237 g/mol. The van der Waals surface area contributed by atoms with Crippen LogP contribution in [0.25, 0.3) is 0 Å². The maximum Gasteiger partial charge on any atom is 0.233 e. The van der Waals surface area contributed by atoms with Gasteiger partial charge in [-0.15, -0.1) is 11.3 Å². The molecule has 0 saturated carbocycles. The summed E-state index contributed by atoms with van der Waals surface area (Å²) in [5.41, 5.74) is 5.41. The second kappa shape index (κ2) is 4.35. The average Bonchev–Trinajstić information content (AvgIpc) is 2.89. The number of hydrogen-bond donors (Lipinski definition) is 1. The van der Waals surface area contributed by atoms with Gasteiger partial charge < -0.3 is 10.3 Å². The molecule has 86 valence electrons. The van der Waals surface area contributed by atoms with E-state index in [1.54, 1.807) is 11.3 Å². The number of thiophene rings is 1. The molecule has 0 spiro atoms. The van der Waals surface area contributed by atoms with E-state index in [4.69, 9.17) is 10.3 Å². The van der Waals surface area contributed by atoms with Crippen molar-refractivity contribution in [3.63, 3.8) is 0 Å². The minimum absolute atomic E-state index is 0.249. The summed E-state index contributed by atoms with van der Waals surface area (Å²) in [5, 5.41) is 6.01. The van der Waals surface area contributed by atoms with Crippen molar-refractivity contribution in [1.82, 2.24) is 10.1 Å². The highest BCUT2D eigenvalue weighted by molar-refractivity contribution is 7.09. The Morgan fingerprint density at radius 3 is 2.94 bits per heavy atom. The molecule has 2 heterocycles. The Hall–Kier alpha value is -1.20. The zero-order valence-corrected chi connectivity index (χ0v) is 10.3. The summed E-state index contributed by atoms with van der Waals surface area (Å²) in [4.78, 5) is 5.61. The van der Waals surface area contributed by atoms with E-state index in [-0.39, 0.29) is 5.41 Å². The first-order valence-electron chi connectivity index (χ1n) is 5.17. The number of hydrogen-bond acceptors (Lipinski definition) is 5. The molecule has 0 saturated heterocycles. The Bertz CT molecular complexity index is 448. The van der Waals surface area contributed by atoms with E-state index < -0.39 is 0 Å². The topological polar surface area (TPSA) is 64.9 Å². The maximum atomic E-state index is 5.66. The first-order valence-corrected chi connectivity index (χ1v) is 6.05. The van der Waals surface area contributed by atoms with Crippen molar-refractivity contribution in [2.45, 2.75) is 25.7 Å². The van der Waals surface area contributed by atoms with E-state index >= 15 is 0 Å². The molecule has 0 atom stereocenters. The third-order valence-corrected chi connectivity index (χ3v) is 3.35. The lowest BCUT2D eigenvalue weighted by atomic mass is 9.94. The molecule has 2 N–H and O–H groups in total. The molecule has 0 aliphatic heterocycles. The highest BCUT2D eigenvalue weighted by Gasteiger charge is 2.25. The van der Waals surface area contributed by atoms with Crippen LogP contribution < -0.4 is 5.73 Å². The maximum absolute atomic E-state index is 5.66. The Morgan fingerprint density at radius 1 is 1.50 bits per heavy atom. The molecule has 0 fully saturated rings. The quantitative estimate of drug-likeness (QED) is 0.882. The van der Waals surface area contributed by atoms with E-state index in [0.717, 1.165) is 12.2 Å². The lowest BCUT2D eigenvalue weighted by Gasteiger charge is -2.15. The lowest BCUT2D eigenvalue weighted by Crippen LogP contribution is -2.28. The van der Waals surface area contributed by atoms with Gasteiger partial charge in [0.05, 0.1) is 5.41 Å². The van der Waals surface area contributed by atoms with E-state index in [9.17, 15) is 0 Å². The third-order valence-electron chi connectivity index (χ3n) is 2.47. The van der Waals surface area contributed by atoms with Crippen LogP contribution in [0.15, 0.2) is 22.0 Å². The Kier molecular flexibility index (Phi) is 3.07. The molecule has 0 bridgehead atoms. The molecular formula is C11H15N3OS. The van der Waals surface area contributed by atoms with Crippen LogP contribution in [-0.4, -0.2) is 16.7 Å². The van der Waals surface area contributed by atoms with Crippen LogP contribution in [0.2, 0.25) is 0 Å². The Labute approximate surface area is 98.5 Å². The number of nitrogens with zero attached hydrogens (tertiary/aromatic N) is 2. The summed E-state index contributed by atoms with van der Waals surface area (Å²) in [5.74, 6) is 1.33. The van der Waals surface area contributed by atoms with Gasteiger partial charge in [-0.25, -0.2) is 0 Å². The fourth-order valence-corrected chi connectivity index (χ4v) is 1.96. The van der Waals surface area contributed by atoms with Gasteiger partial charge in [-0.3, -0.25) is 0 Å². The predicted octanol–water partition coefficient (Wildman–Crippen LogP) is 1.96. The normalized spacial score (nSPS) is 11.9. The minimum Gasteiger partial charge on any atom is -0.339 e. The molecule has 2 aromatic heterocycles. The minimum atomic E-state index is -0.249. The van der Waals surface area contributed by atoms with E-state index in [1.165, 1.54) is 4.88 Å². The SMILES string of the molecule is CC(C)(CN)c1nc(Cc2cccs2)no1. The van der Waals surface area contributed by atoms with Crippen LogP contribution in [0.3, 0.4) is 0 Å². The van der Waals surface area contributed by atoms with Crippen LogP contribution in [0.5, 0.6) is 0 Å². The van der Waals surface area contributed by atoms with Crippen LogP contribution in [0.1, 0.15) is 30.4 Å². The van der Waals surface area contributed by atoms with Gasteiger partial charge in [0.25, 0.3) is 0 Å². The molecule has 0 amide bonds. The summed E-state index contributed by atoms with van der Waals surface area (Å²) in [6.07, 6.45) is 0.724. The van der Waals surface area contributed by atoms with Crippen LogP contribution in [0, 0.1) is 0 Å². The predicted molar refractivity (Wildman–Crippen MR) is 63.5 cm³/mol. The third kappa shape index (κ3) is 2.31. The molecule has 0 unspecified atom stereocenters. The zero-order valence-electron chi connectivity index (χ0n) is 9.43. The van der Waals surface area contributed by atoms with Gasteiger partial charge in [0.1, 0.15) is 0 Å².